The van der Waals surface area contributed by atoms with Crippen LogP contribution in [-0.2, 0) is 0 Å². The highest BCUT2D eigenvalue weighted by atomic mass is 79.9. The minimum atomic E-state index is -0.349. The van der Waals surface area contributed by atoms with Crippen molar-refractivity contribution >= 4 is 39.1 Å². The van der Waals surface area contributed by atoms with Crippen LogP contribution in [-0.4, -0.2) is 9.36 Å². The van der Waals surface area contributed by atoms with E-state index >= 15 is 0 Å². The van der Waals surface area contributed by atoms with Gasteiger partial charge in [0, 0.05) is 10.6 Å². The summed E-state index contributed by atoms with van der Waals surface area (Å²) in [4.78, 5) is 4.01. The van der Waals surface area contributed by atoms with Crippen LogP contribution in [0.3, 0.4) is 0 Å². The summed E-state index contributed by atoms with van der Waals surface area (Å²) in [7, 11) is 0. The molecule has 0 aliphatic rings. The van der Waals surface area contributed by atoms with Crippen LogP contribution in [0.4, 0.5) is 4.39 Å². The van der Waals surface area contributed by atoms with E-state index in [9.17, 15) is 4.39 Å². The second kappa shape index (κ2) is 3.92. The average molecular weight is 294 g/mol. The standard InChI is InChI=1S/C8H3BrClFN2S/c9-8-12-7(14-13-8)5-3-4(10)1-2-6(5)11/h1-3H. The third-order valence-electron chi connectivity index (χ3n) is 1.56. The summed E-state index contributed by atoms with van der Waals surface area (Å²) >= 11 is 9.98. The fraction of sp³-hybridized carbons (Fsp3) is 0. The molecule has 72 valence electrons. The lowest BCUT2D eigenvalue weighted by molar-refractivity contribution is 0.631. The first kappa shape index (κ1) is 10.0. The Labute approximate surface area is 97.0 Å². The molecule has 0 aliphatic carbocycles. The molecule has 2 nitrogen and oxygen atoms in total. The minimum Gasteiger partial charge on any atom is -0.209 e. The quantitative estimate of drug-likeness (QED) is 0.800. The van der Waals surface area contributed by atoms with Gasteiger partial charge in [-0.05, 0) is 45.7 Å². The Morgan fingerprint density at radius 1 is 1.43 bits per heavy atom. The molecule has 0 saturated carbocycles. The van der Waals surface area contributed by atoms with Crippen LogP contribution >= 0.6 is 39.1 Å². The molecule has 0 saturated heterocycles. The maximum Gasteiger partial charge on any atom is 0.209 e. The van der Waals surface area contributed by atoms with Gasteiger partial charge in [0.15, 0.2) is 0 Å². The van der Waals surface area contributed by atoms with Crippen molar-refractivity contribution in [2.45, 2.75) is 0 Å². The van der Waals surface area contributed by atoms with Crippen molar-refractivity contribution in [3.05, 3.63) is 33.8 Å². The number of halogens is 3. The lowest BCUT2D eigenvalue weighted by atomic mass is 10.2. The highest BCUT2D eigenvalue weighted by Gasteiger charge is 2.10. The van der Waals surface area contributed by atoms with Crippen molar-refractivity contribution < 1.29 is 4.39 Å². The summed E-state index contributed by atoms with van der Waals surface area (Å²) < 4.78 is 17.7. The molecule has 0 radical (unpaired) electrons. The van der Waals surface area contributed by atoms with Crippen LogP contribution in [0.2, 0.25) is 5.02 Å². The normalized spacial score (nSPS) is 10.5. The molecule has 0 N–H and O–H groups in total. The maximum absolute atomic E-state index is 13.3. The van der Waals surface area contributed by atoms with E-state index in [2.05, 4.69) is 25.3 Å². The molecule has 2 rings (SSSR count). The lowest BCUT2D eigenvalue weighted by Gasteiger charge is -1.97. The molecule has 0 atom stereocenters. The van der Waals surface area contributed by atoms with Gasteiger partial charge < -0.3 is 0 Å². The fourth-order valence-electron chi connectivity index (χ4n) is 0.976. The van der Waals surface area contributed by atoms with E-state index in [-0.39, 0.29) is 5.82 Å². The fourth-order valence-corrected chi connectivity index (χ4v) is 2.24. The van der Waals surface area contributed by atoms with Gasteiger partial charge in [-0.15, -0.1) is 0 Å². The van der Waals surface area contributed by atoms with E-state index in [4.69, 9.17) is 11.6 Å². The zero-order valence-corrected chi connectivity index (χ0v) is 9.83. The predicted molar refractivity (Wildman–Crippen MR) is 58.0 cm³/mol. The van der Waals surface area contributed by atoms with Crippen LogP contribution in [0.1, 0.15) is 0 Å². The SMILES string of the molecule is Fc1ccc(Cl)cc1-c1nc(Br)ns1. The highest BCUT2D eigenvalue weighted by Crippen LogP contribution is 2.28. The zero-order valence-electron chi connectivity index (χ0n) is 6.67. The predicted octanol–water partition coefficient (Wildman–Crippen LogP) is 3.76. The lowest BCUT2D eigenvalue weighted by Crippen LogP contribution is -1.82. The molecular formula is C8H3BrClFN2S. The van der Waals surface area contributed by atoms with Crippen molar-refractivity contribution in [3.63, 3.8) is 0 Å². The Kier molecular flexibility index (Phi) is 2.80. The van der Waals surface area contributed by atoms with E-state index in [0.717, 1.165) is 11.5 Å². The van der Waals surface area contributed by atoms with Crippen LogP contribution in [0.5, 0.6) is 0 Å². The summed E-state index contributed by atoms with van der Waals surface area (Å²) in [6.45, 7) is 0. The van der Waals surface area contributed by atoms with E-state index < -0.39 is 0 Å². The van der Waals surface area contributed by atoms with Crippen LogP contribution < -0.4 is 0 Å². The van der Waals surface area contributed by atoms with E-state index in [1.54, 1.807) is 0 Å². The monoisotopic (exact) mass is 292 g/mol. The molecule has 14 heavy (non-hydrogen) atoms. The van der Waals surface area contributed by atoms with Gasteiger partial charge in [-0.3, -0.25) is 0 Å². The van der Waals surface area contributed by atoms with Crippen molar-refractivity contribution in [2.75, 3.05) is 0 Å². The van der Waals surface area contributed by atoms with E-state index in [1.807, 2.05) is 0 Å². The second-order valence-corrected chi connectivity index (χ2v) is 4.39. The number of rotatable bonds is 1. The summed E-state index contributed by atoms with van der Waals surface area (Å²) in [5.41, 5.74) is 0.376. The molecule has 1 heterocycles. The summed E-state index contributed by atoms with van der Waals surface area (Å²) in [5.74, 6) is -0.349. The Morgan fingerprint density at radius 2 is 2.21 bits per heavy atom. The molecule has 0 amide bonds. The van der Waals surface area contributed by atoms with Crippen LogP contribution in [0.15, 0.2) is 22.9 Å². The summed E-state index contributed by atoms with van der Waals surface area (Å²) in [6.07, 6.45) is 0. The van der Waals surface area contributed by atoms with Crippen LogP contribution in [0.25, 0.3) is 10.6 Å². The first-order valence-corrected chi connectivity index (χ1v) is 5.56. The molecule has 6 heteroatoms. The Bertz CT molecular complexity index is 474. The molecule has 1 aromatic heterocycles. The molecule has 0 spiro atoms. The maximum atomic E-state index is 13.3. The van der Waals surface area contributed by atoms with Gasteiger partial charge in [0.25, 0.3) is 0 Å². The van der Waals surface area contributed by atoms with Crippen molar-refractivity contribution in [3.8, 4) is 10.6 Å². The van der Waals surface area contributed by atoms with Gasteiger partial charge in [0.1, 0.15) is 10.8 Å². The van der Waals surface area contributed by atoms with Crippen LogP contribution in [0, 0.1) is 5.82 Å². The smallest absolute Gasteiger partial charge is 0.209 e. The number of hydrogen-bond donors (Lipinski definition) is 0. The minimum absolute atomic E-state index is 0.349. The van der Waals surface area contributed by atoms with E-state index in [0.29, 0.717) is 20.3 Å². The number of benzene rings is 1. The molecule has 0 unspecified atom stereocenters. The van der Waals surface area contributed by atoms with Gasteiger partial charge in [-0.25, -0.2) is 9.37 Å². The van der Waals surface area contributed by atoms with Gasteiger partial charge in [0.2, 0.25) is 4.73 Å². The van der Waals surface area contributed by atoms with Crippen molar-refractivity contribution in [1.29, 1.82) is 0 Å². The Hall–Kier alpha value is -0.520. The van der Waals surface area contributed by atoms with Gasteiger partial charge >= 0.3 is 0 Å². The van der Waals surface area contributed by atoms with Crippen molar-refractivity contribution in [1.82, 2.24) is 9.36 Å². The molecular weight excluding hydrogens is 291 g/mol. The van der Waals surface area contributed by atoms with Gasteiger partial charge in [-0.2, -0.15) is 4.37 Å². The van der Waals surface area contributed by atoms with Gasteiger partial charge in [0.05, 0.1) is 0 Å². The number of hydrogen-bond acceptors (Lipinski definition) is 3. The molecule has 2 aromatic rings. The largest absolute Gasteiger partial charge is 0.209 e. The third kappa shape index (κ3) is 1.94. The Balaban J connectivity index is 2.55. The first-order valence-electron chi connectivity index (χ1n) is 3.61. The summed E-state index contributed by atoms with van der Waals surface area (Å²) in [6, 6.07) is 4.34. The van der Waals surface area contributed by atoms with Crippen molar-refractivity contribution in [2.24, 2.45) is 0 Å². The second-order valence-electron chi connectivity index (χ2n) is 2.49. The summed E-state index contributed by atoms with van der Waals surface area (Å²) in [5, 5.41) is 0.990. The first-order chi connectivity index (χ1) is 6.66. The molecule has 0 bridgehead atoms. The third-order valence-corrected chi connectivity index (χ3v) is 3.13. The number of nitrogens with zero attached hydrogens (tertiary/aromatic N) is 2. The topological polar surface area (TPSA) is 25.8 Å². The molecule has 0 fully saturated rings. The highest BCUT2D eigenvalue weighted by molar-refractivity contribution is 9.10. The zero-order chi connectivity index (χ0) is 10.1. The van der Waals surface area contributed by atoms with Gasteiger partial charge in [-0.1, -0.05) is 11.6 Å². The Morgan fingerprint density at radius 3 is 2.86 bits per heavy atom. The number of aromatic nitrogens is 2. The average Bonchev–Trinajstić information content (AvgIpc) is 2.56. The van der Waals surface area contributed by atoms with E-state index in [1.165, 1.54) is 18.2 Å². The molecule has 1 aromatic carbocycles. The molecule has 0 aliphatic heterocycles.